The van der Waals surface area contributed by atoms with Gasteiger partial charge in [0.25, 0.3) is 11.8 Å². The summed E-state index contributed by atoms with van der Waals surface area (Å²) in [6.07, 6.45) is 10.4. The fourth-order valence-corrected chi connectivity index (χ4v) is 6.34. The van der Waals surface area contributed by atoms with E-state index >= 15 is 0 Å². The van der Waals surface area contributed by atoms with Gasteiger partial charge in [-0.2, -0.15) is 0 Å². The van der Waals surface area contributed by atoms with Gasteiger partial charge in [-0.05, 0) is 148 Å². The van der Waals surface area contributed by atoms with Crippen LogP contribution in [0, 0.1) is 27.7 Å². The molecule has 13 heteroatoms. The predicted molar refractivity (Wildman–Crippen MR) is 258 cm³/mol. The van der Waals surface area contributed by atoms with Crippen molar-refractivity contribution in [2.24, 2.45) is 0 Å². The number of carbonyl (C=O) groups excluding carboxylic acids is 2. The number of hydrogen-bond donors (Lipinski definition) is 2. The number of hydrogen-bond acceptors (Lipinski definition) is 8. The van der Waals surface area contributed by atoms with Crippen molar-refractivity contribution in [3.63, 3.8) is 0 Å². The number of benzene rings is 2. The summed E-state index contributed by atoms with van der Waals surface area (Å²) < 4.78 is 0. The van der Waals surface area contributed by atoms with Crippen LogP contribution in [0.3, 0.4) is 0 Å². The van der Waals surface area contributed by atoms with Crippen molar-refractivity contribution >= 4 is 31.2 Å². The fraction of sp³-hybridized carbons (Fsp3) is 0.154. The number of halogens is 2. The molecule has 332 valence electrons. The zero-order valence-corrected chi connectivity index (χ0v) is 40.2. The van der Waals surface area contributed by atoms with Gasteiger partial charge in [0, 0.05) is 48.3 Å². The number of nitrogens with one attached hydrogen (secondary N) is 2. The molecule has 6 aromatic heterocycles. The van der Waals surface area contributed by atoms with Gasteiger partial charge in [-0.1, -0.05) is 60.7 Å². The minimum absolute atomic E-state index is 0.137. The van der Waals surface area contributed by atoms with Gasteiger partial charge in [-0.25, -0.2) is 0 Å². The van der Waals surface area contributed by atoms with Gasteiger partial charge in [-0.15, -0.1) is 0 Å². The van der Waals surface area contributed by atoms with E-state index in [1.54, 1.807) is 36.7 Å². The van der Waals surface area contributed by atoms with Crippen LogP contribution in [-0.2, 0) is 15.1 Å². The maximum absolute atomic E-state index is 12.8. The number of pyridine rings is 6. The monoisotopic (exact) mass is 990 g/mol. The van der Waals surface area contributed by atoms with Crippen LogP contribution < -0.4 is 10.6 Å². The molecule has 0 bridgehead atoms. The normalized spacial score (nSPS) is 11.2. The van der Waals surface area contributed by atoms with Crippen molar-refractivity contribution in [2.45, 2.75) is 53.6 Å². The Kier molecular flexibility index (Phi) is 19.6. The Hall–Kier alpha value is -6.52. The standard InChI is InChI=1S/C28H26N4O2.2C12H12N2.2ClH.Ru/c1-19(21-9-5-3-6-10-21)31-27(33)23-13-15-29-25(17-23)26-18-24(14-16-30-26)28(34)32-20(2)22-11-7-4-8-12-22;2*1-9-3-5-13-11(7-9)12-8-10(2)4-6-14-12;;;/h3-20H,1-2H3,(H,31,33)(H,32,34);2*3-8H,1-2H3;2*1H;/q;;;;;+2/p-2/t19-,20-;;;;;/m1...../s1. The third kappa shape index (κ3) is 15.9. The van der Waals surface area contributed by atoms with E-state index in [0.29, 0.717) is 22.5 Å². The molecule has 0 unspecified atom stereocenters. The first-order chi connectivity index (χ1) is 31.4. The summed E-state index contributed by atoms with van der Waals surface area (Å²) in [4.78, 5) is 51.5. The number of aromatic nitrogens is 6. The fourth-order valence-electron chi connectivity index (χ4n) is 6.34. The van der Waals surface area contributed by atoms with Gasteiger partial charge in [0.2, 0.25) is 0 Å². The summed E-state index contributed by atoms with van der Waals surface area (Å²) in [5.41, 5.74) is 12.6. The summed E-state index contributed by atoms with van der Waals surface area (Å²) in [6.45, 7) is 12.1. The van der Waals surface area contributed by atoms with Crippen molar-refractivity contribution in [1.82, 2.24) is 40.5 Å². The molecule has 0 aliphatic heterocycles. The number of amides is 2. The van der Waals surface area contributed by atoms with Gasteiger partial charge in [0.1, 0.15) is 0 Å². The second kappa shape index (κ2) is 25.7. The molecule has 65 heavy (non-hydrogen) atoms. The molecule has 0 saturated heterocycles. The summed E-state index contributed by atoms with van der Waals surface area (Å²) >= 11 is -0.346. The number of aryl methyl sites for hydroxylation is 4. The SMILES string of the molecule is C[C@@H](NC(=O)c1ccnc(-c2cc(C(=O)N[C@H](C)c3ccccc3)ccn2)c1)c1ccccc1.Cc1ccnc(-c2cc(C)ccn2)c1.Cc1ccnc(-c2cc(C)ccn2)c1.[Cl][Ru][Cl]. The van der Waals surface area contributed by atoms with Crippen LogP contribution in [0.4, 0.5) is 0 Å². The Bertz CT molecular complexity index is 2490. The van der Waals surface area contributed by atoms with Crippen LogP contribution in [0.5, 0.6) is 0 Å². The van der Waals surface area contributed by atoms with E-state index in [2.05, 4.69) is 68.2 Å². The van der Waals surface area contributed by atoms with Crippen molar-refractivity contribution in [2.75, 3.05) is 0 Å². The van der Waals surface area contributed by atoms with Gasteiger partial charge < -0.3 is 10.6 Å². The molecule has 0 spiro atoms. The first-order valence-electron chi connectivity index (χ1n) is 20.6. The molecule has 0 fully saturated rings. The molecule has 2 N–H and O–H groups in total. The quantitative estimate of drug-likeness (QED) is 0.137. The molecule has 6 heterocycles. The molecule has 8 aromatic rings. The first-order valence-corrected chi connectivity index (χ1v) is 25.1. The van der Waals surface area contributed by atoms with Crippen LogP contribution in [0.25, 0.3) is 34.2 Å². The predicted octanol–water partition coefficient (Wildman–Crippen LogP) is 12.0. The third-order valence-corrected chi connectivity index (χ3v) is 9.79. The van der Waals surface area contributed by atoms with Crippen LogP contribution >= 0.6 is 19.4 Å². The molecule has 0 aliphatic rings. The van der Waals surface area contributed by atoms with Crippen LogP contribution in [0.1, 0.15) is 80.0 Å². The van der Waals surface area contributed by atoms with Crippen LogP contribution in [0.15, 0.2) is 171 Å². The summed E-state index contributed by atoms with van der Waals surface area (Å²) in [6, 6.07) is 42.1. The maximum atomic E-state index is 12.8. The van der Waals surface area contributed by atoms with E-state index in [9.17, 15) is 9.59 Å². The van der Waals surface area contributed by atoms with E-state index < -0.39 is 0 Å². The topological polar surface area (TPSA) is 136 Å². The second-order valence-corrected chi connectivity index (χ2v) is 17.6. The summed E-state index contributed by atoms with van der Waals surface area (Å²) in [5, 5.41) is 6.01. The molecule has 0 saturated carbocycles. The Morgan fingerprint density at radius 1 is 0.415 bits per heavy atom. The minimum atomic E-state index is -0.346. The van der Waals surface area contributed by atoms with Crippen LogP contribution in [-0.4, -0.2) is 41.7 Å². The Balaban J connectivity index is 0.000000209. The molecule has 2 amide bonds. The average molecular weight is 991 g/mol. The molecular weight excluding hydrogens is 941 g/mol. The average Bonchev–Trinajstić information content (AvgIpc) is 3.33. The summed E-state index contributed by atoms with van der Waals surface area (Å²) in [7, 11) is 9.71. The third-order valence-electron chi connectivity index (χ3n) is 9.79. The van der Waals surface area contributed by atoms with Crippen molar-refractivity contribution in [3.8, 4) is 34.2 Å². The van der Waals surface area contributed by atoms with Gasteiger partial charge in [-0.3, -0.25) is 39.5 Å². The van der Waals surface area contributed by atoms with Gasteiger partial charge >= 0.3 is 34.5 Å². The second-order valence-electron chi connectivity index (χ2n) is 15.0. The summed E-state index contributed by atoms with van der Waals surface area (Å²) in [5.74, 6) is -0.406. The number of rotatable bonds is 9. The van der Waals surface area contributed by atoms with E-state index in [-0.39, 0.29) is 39.0 Å². The Morgan fingerprint density at radius 3 is 0.923 bits per heavy atom. The molecule has 10 nitrogen and oxygen atoms in total. The number of nitrogens with zero attached hydrogens (tertiary/aromatic N) is 6. The van der Waals surface area contributed by atoms with Crippen molar-refractivity contribution in [1.29, 1.82) is 0 Å². The zero-order chi connectivity index (χ0) is 46.6. The van der Waals surface area contributed by atoms with Gasteiger partial charge in [0.15, 0.2) is 0 Å². The van der Waals surface area contributed by atoms with Crippen molar-refractivity contribution < 1.29 is 24.7 Å². The Labute approximate surface area is 397 Å². The molecular formula is C52H50Cl2N8O2Ru. The molecule has 8 rings (SSSR count). The number of carbonyl (C=O) groups is 2. The first kappa shape index (κ1) is 49.5. The zero-order valence-electron chi connectivity index (χ0n) is 36.9. The van der Waals surface area contributed by atoms with E-state index in [1.807, 2.05) is 148 Å². The molecule has 0 radical (unpaired) electrons. The van der Waals surface area contributed by atoms with Crippen LogP contribution in [0.2, 0.25) is 0 Å². The van der Waals surface area contributed by atoms with E-state index in [1.165, 1.54) is 22.3 Å². The Morgan fingerprint density at radius 2 is 0.662 bits per heavy atom. The van der Waals surface area contributed by atoms with E-state index in [4.69, 9.17) is 19.4 Å². The molecule has 0 aliphatic carbocycles. The van der Waals surface area contributed by atoms with Crippen molar-refractivity contribution in [3.05, 3.63) is 215 Å². The molecule has 2 atom stereocenters. The van der Waals surface area contributed by atoms with E-state index in [0.717, 1.165) is 33.9 Å². The molecule has 2 aromatic carbocycles. The van der Waals surface area contributed by atoms with Gasteiger partial charge in [0.05, 0.1) is 46.2 Å².